The van der Waals surface area contributed by atoms with E-state index in [1.165, 1.54) is 6.07 Å². The van der Waals surface area contributed by atoms with Gasteiger partial charge in [0.15, 0.2) is 0 Å². The minimum atomic E-state index is -0.390. The highest BCUT2D eigenvalue weighted by atomic mass is 19.1. The van der Waals surface area contributed by atoms with Gasteiger partial charge in [0.25, 0.3) is 0 Å². The first kappa shape index (κ1) is 16.1. The summed E-state index contributed by atoms with van der Waals surface area (Å²) in [5.41, 5.74) is 1.08. The molecule has 1 aromatic rings. The number of nitrogens with one attached hydrogen (secondary N) is 1. The van der Waals surface area contributed by atoms with Crippen LogP contribution in [0.25, 0.3) is 0 Å². The SMILES string of the molecule is CC.CNCc1ccc(C(C)(C)CO)cc1F. The van der Waals surface area contributed by atoms with Gasteiger partial charge in [0.1, 0.15) is 5.82 Å². The summed E-state index contributed by atoms with van der Waals surface area (Å²) in [5.74, 6) is -0.219. The first-order valence-corrected chi connectivity index (χ1v) is 6.05. The molecule has 0 spiro atoms. The van der Waals surface area contributed by atoms with Crippen LogP contribution < -0.4 is 5.32 Å². The molecule has 0 radical (unpaired) electrons. The van der Waals surface area contributed by atoms with Crippen molar-refractivity contribution in [2.45, 2.75) is 39.7 Å². The van der Waals surface area contributed by atoms with Gasteiger partial charge in [-0.05, 0) is 18.7 Å². The normalized spacial score (nSPS) is 10.8. The Morgan fingerprint density at radius 1 is 1.29 bits per heavy atom. The summed E-state index contributed by atoms with van der Waals surface area (Å²) in [5, 5.41) is 12.1. The lowest BCUT2D eigenvalue weighted by Crippen LogP contribution is -2.22. The molecule has 0 aliphatic rings. The number of aliphatic hydroxyl groups excluding tert-OH is 1. The van der Waals surface area contributed by atoms with Gasteiger partial charge in [-0.2, -0.15) is 0 Å². The molecule has 17 heavy (non-hydrogen) atoms. The van der Waals surface area contributed by atoms with Crippen LogP contribution >= 0.6 is 0 Å². The van der Waals surface area contributed by atoms with E-state index in [-0.39, 0.29) is 17.8 Å². The van der Waals surface area contributed by atoms with Crippen molar-refractivity contribution < 1.29 is 9.50 Å². The van der Waals surface area contributed by atoms with E-state index in [9.17, 15) is 9.50 Å². The van der Waals surface area contributed by atoms with Gasteiger partial charge in [-0.15, -0.1) is 0 Å². The van der Waals surface area contributed by atoms with E-state index in [0.29, 0.717) is 12.1 Å². The van der Waals surface area contributed by atoms with Crippen LogP contribution in [0.3, 0.4) is 0 Å². The summed E-state index contributed by atoms with van der Waals surface area (Å²) >= 11 is 0. The third kappa shape index (κ3) is 4.44. The Hall–Kier alpha value is -0.930. The maximum atomic E-state index is 13.6. The van der Waals surface area contributed by atoms with Gasteiger partial charge in [-0.1, -0.05) is 39.8 Å². The summed E-state index contributed by atoms with van der Waals surface area (Å²) in [7, 11) is 1.78. The van der Waals surface area contributed by atoms with Crippen molar-refractivity contribution in [3.8, 4) is 0 Å². The number of halogens is 1. The summed E-state index contributed by atoms with van der Waals surface area (Å²) in [6.45, 7) is 8.31. The fourth-order valence-corrected chi connectivity index (χ4v) is 1.39. The Labute approximate surface area is 104 Å². The van der Waals surface area contributed by atoms with Crippen molar-refractivity contribution in [2.75, 3.05) is 13.7 Å². The van der Waals surface area contributed by atoms with E-state index >= 15 is 0 Å². The summed E-state index contributed by atoms with van der Waals surface area (Å²) in [4.78, 5) is 0. The predicted octanol–water partition coefficient (Wildman–Crippen LogP) is 2.84. The van der Waals surface area contributed by atoms with Crippen molar-refractivity contribution in [3.63, 3.8) is 0 Å². The Balaban J connectivity index is 0.00000121. The molecule has 2 nitrogen and oxygen atoms in total. The van der Waals surface area contributed by atoms with E-state index in [0.717, 1.165) is 5.56 Å². The third-order valence-electron chi connectivity index (χ3n) is 2.60. The molecule has 0 atom stereocenters. The van der Waals surface area contributed by atoms with Crippen LogP contribution in [0.2, 0.25) is 0 Å². The fourth-order valence-electron chi connectivity index (χ4n) is 1.39. The molecular formula is C14H24FNO. The van der Waals surface area contributed by atoms with E-state index in [4.69, 9.17) is 0 Å². The first-order chi connectivity index (χ1) is 8.01. The molecule has 1 aromatic carbocycles. The molecule has 2 N–H and O–H groups in total. The fraction of sp³-hybridized carbons (Fsp3) is 0.571. The molecule has 0 unspecified atom stereocenters. The average molecular weight is 241 g/mol. The van der Waals surface area contributed by atoms with Crippen LogP contribution in [-0.2, 0) is 12.0 Å². The van der Waals surface area contributed by atoms with Gasteiger partial charge in [0.2, 0.25) is 0 Å². The molecule has 0 fully saturated rings. The second-order valence-electron chi connectivity index (χ2n) is 4.38. The largest absolute Gasteiger partial charge is 0.395 e. The van der Waals surface area contributed by atoms with Crippen molar-refractivity contribution in [2.24, 2.45) is 0 Å². The zero-order valence-electron chi connectivity index (χ0n) is 11.5. The highest BCUT2D eigenvalue weighted by Gasteiger charge is 2.20. The number of benzene rings is 1. The third-order valence-corrected chi connectivity index (χ3v) is 2.60. The number of hydrogen-bond acceptors (Lipinski definition) is 2. The average Bonchev–Trinajstić information content (AvgIpc) is 2.34. The van der Waals surface area contributed by atoms with Crippen LogP contribution in [-0.4, -0.2) is 18.8 Å². The van der Waals surface area contributed by atoms with Gasteiger partial charge in [-0.3, -0.25) is 0 Å². The van der Waals surface area contributed by atoms with E-state index < -0.39 is 0 Å². The van der Waals surface area contributed by atoms with Crippen molar-refractivity contribution in [1.29, 1.82) is 0 Å². The van der Waals surface area contributed by atoms with Crippen molar-refractivity contribution in [1.82, 2.24) is 5.32 Å². The predicted molar refractivity (Wildman–Crippen MR) is 70.6 cm³/mol. The summed E-state index contributed by atoms with van der Waals surface area (Å²) in [6.07, 6.45) is 0. The molecule has 3 heteroatoms. The first-order valence-electron chi connectivity index (χ1n) is 6.05. The van der Waals surface area contributed by atoms with Gasteiger partial charge in [0, 0.05) is 17.5 Å². The molecular weight excluding hydrogens is 217 g/mol. The van der Waals surface area contributed by atoms with E-state index in [1.54, 1.807) is 13.1 Å². The van der Waals surface area contributed by atoms with Crippen LogP contribution in [0.1, 0.15) is 38.8 Å². The number of hydrogen-bond donors (Lipinski definition) is 2. The highest BCUT2D eigenvalue weighted by Crippen LogP contribution is 2.24. The Morgan fingerprint density at radius 3 is 2.29 bits per heavy atom. The van der Waals surface area contributed by atoms with Crippen molar-refractivity contribution >= 4 is 0 Å². The minimum Gasteiger partial charge on any atom is -0.395 e. The second-order valence-corrected chi connectivity index (χ2v) is 4.38. The van der Waals surface area contributed by atoms with E-state index in [1.807, 2.05) is 33.8 Å². The minimum absolute atomic E-state index is 0.0117. The monoisotopic (exact) mass is 241 g/mol. The molecule has 0 amide bonds. The quantitative estimate of drug-likeness (QED) is 0.849. The lowest BCUT2D eigenvalue weighted by Gasteiger charge is -2.22. The molecule has 0 heterocycles. The molecule has 0 aromatic heterocycles. The molecule has 0 bridgehead atoms. The summed E-state index contributed by atoms with van der Waals surface area (Å²) < 4.78 is 13.6. The lowest BCUT2D eigenvalue weighted by atomic mass is 9.85. The molecule has 98 valence electrons. The zero-order chi connectivity index (χ0) is 13.5. The molecule has 0 aliphatic carbocycles. The molecule has 0 saturated carbocycles. The van der Waals surface area contributed by atoms with Gasteiger partial charge in [0.05, 0.1) is 6.61 Å². The van der Waals surface area contributed by atoms with Crippen molar-refractivity contribution in [3.05, 3.63) is 35.1 Å². The van der Waals surface area contributed by atoms with Gasteiger partial charge in [-0.25, -0.2) is 4.39 Å². The van der Waals surface area contributed by atoms with Crippen LogP contribution in [0, 0.1) is 5.82 Å². The highest BCUT2D eigenvalue weighted by molar-refractivity contribution is 5.29. The second kappa shape index (κ2) is 7.41. The van der Waals surface area contributed by atoms with Gasteiger partial charge >= 0.3 is 0 Å². The smallest absolute Gasteiger partial charge is 0.127 e. The summed E-state index contributed by atoms with van der Waals surface area (Å²) in [6, 6.07) is 5.13. The van der Waals surface area contributed by atoms with Gasteiger partial charge < -0.3 is 10.4 Å². The maximum absolute atomic E-state index is 13.6. The molecule has 0 saturated heterocycles. The zero-order valence-corrected chi connectivity index (χ0v) is 11.5. The Morgan fingerprint density at radius 2 is 1.88 bits per heavy atom. The van der Waals surface area contributed by atoms with Crippen LogP contribution in [0.5, 0.6) is 0 Å². The van der Waals surface area contributed by atoms with E-state index in [2.05, 4.69) is 5.32 Å². The molecule has 1 rings (SSSR count). The van der Waals surface area contributed by atoms with Crippen LogP contribution in [0.4, 0.5) is 4.39 Å². The molecule has 0 aliphatic heterocycles. The van der Waals surface area contributed by atoms with Crippen LogP contribution in [0.15, 0.2) is 18.2 Å². The maximum Gasteiger partial charge on any atom is 0.127 e. The standard InChI is InChI=1S/C12H18FNO.C2H6/c1-12(2,8-15)10-5-4-9(7-14-3)11(13)6-10;1-2/h4-6,14-15H,7-8H2,1-3H3;1-2H3. The Kier molecular flexibility index (Phi) is 7.00. The Bertz CT molecular complexity index is 337. The number of aliphatic hydroxyl groups is 1. The lowest BCUT2D eigenvalue weighted by molar-refractivity contribution is 0.218. The number of rotatable bonds is 4. The topological polar surface area (TPSA) is 32.3 Å².